The molecule has 82 valence electrons. The van der Waals surface area contributed by atoms with Crippen molar-refractivity contribution in [3.63, 3.8) is 0 Å². The average molecular weight is 199 g/mol. The van der Waals surface area contributed by atoms with Gasteiger partial charge in [-0.15, -0.1) is 6.42 Å². The Morgan fingerprint density at radius 1 is 1.36 bits per heavy atom. The molecule has 0 bridgehead atoms. The van der Waals surface area contributed by atoms with E-state index in [0.29, 0.717) is 13.2 Å². The van der Waals surface area contributed by atoms with Crippen LogP contribution in [0.15, 0.2) is 0 Å². The summed E-state index contributed by atoms with van der Waals surface area (Å²) in [6.07, 6.45) is 5.98. The molecule has 0 saturated carbocycles. The van der Waals surface area contributed by atoms with E-state index >= 15 is 0 Å². The van der Waals surface area contributed by atoms with Gasteiger partial charge in [0.05, 0.1) is 18.8 Å². The molecular formula is C11H21NO2. The summed E-state index contributed by atoms with van der Waals surface area (Å²) < 4.78 is 10.7. The molecule has 0 heterocycles. The monoisotopic (exact) mass is 199 g/mol. The highest BCUT2D eigenvalue weighted by molar-refractivity contribution is 4.86. The topological polar surface area (TPSA) is 30.5 Å². The van der Waals surface area contributed by atoms with Gasteiger partial charge in [0.1, 0.15) is 0 Å². The Hall–Kier alpha value is -0.560. The van der Waals surface area contributed by atoms with Gasteiger partial charge in [-0.05, 0) is 20.3 Å². The fraction of sp³-hybridized carbons (Fsp3) is 0.818. The number of nitrogens with one attached hydrogen (secondary N) is 1. The summed E-state index contributed by atoms with van der Waals surface area (Å²) in [5.41, 5.74) is -0.0910. The molecule has 3 nitrogen and oxygen atoms in total. The zero-order chi connectivity index (χ0) is 10.9. The largest absolute Gasteiger partial charge is 0.380 e. The first-order valence-electron chi connectivity index (χ1n) is 4.89. The number of hydrogen-bond acceptors (Lipinski definition) is 3. The third-order valence-corrected chi connectivity index (χ3v) is 2.05. The van der Waals surface area contributed by atoms with Crippen molar-refractivity contribution >= 4 is 0 Å². The van der Waals surface area contributed by atoms with Gasteiger partial charge in [-0.3, -0.25) is 0 Å². The van der Waals surface area contributed by atoms with Gasteiger partial charge in [0.15, 0.2) is 0 Å². The third kappa shape index (κ3) is 8.06. The fourth-order valence-electron chi connectivity index (χ4n) is 0.827. The van der Waals surface area contributed by atoms with Gasteiger partial charge in [-0.25, -0.2) is 0 Å². The van der Waals surface area contributed by atoms with Crippen LogP contribution in [-0.2, 0) is 9.47 Å². The van der Waals surface area contributed by atoms with E-state index in [0.717, 1.165) is 19.6 Å². The summed E-state index contributed by atoms with van der Waals surface area (Å²) in [5.74, 6) is 2.51. The Bertz CT molecular complexity index is 173. The van der Waals surface area contributed by atoms with Gasteiger partial charge in [-0.2, -0.15) is 0 Å². The molecule has 0 aromatic carbocycles. The van der Waals surface area contributed by atoms with Crippen LogP contribution in [-0.4, -0.2) is 39.0 Å². The van der Waals surface area contributed by atoms with Crippen molar-refractivity contribution in [2.45, 2.75) is 25.9 Å². The lowest BCUT2D eigenvalue weighted by Gasteiger charge is -2.22. The Labute approximate surface area is 87.2 Å². The molecule has 0 fully saturated rings. The molecule has 0 aromatic heterocycles. The summed E-state index contributed by atoms with van der Waals surface area (Å²) in [5, 5.41) is 3.05. The average Bonchev–Trinajstić information content (AvgIpc) is 2.16. The highest BCUT2D eigenvalue weighted by atomic mass is 16.5. The van der Waals surface area contributed by atoms with Crippen LogP contribution in [0, 0.1) is 12.3 Å². The summed E-state index contributed by atoms with van der Waals surface area (Å²) in [6, 6.07) is 0. The molecule has 3 heteroatoms. The number of rotatable bonds is 8. The van der Waals surface area contributed by atoms with Crippen LogP contribution in [0.2, 0.25) is 0 Å². The predicted octanol–water partition coefficient (Wildman–Crippen LogP) is 1.04. The molecule has 0 saturated heterocycles. The van der Waals surface area contributed by atoms with Crippen LogP contribution in [0.1, 0.15) is 20.3 Å². The van der Waals surface area contributed by atoms with Crippen LogP contribution >= 0.6 is 0 Å². The quantitative estimate of drug-likeness (QED) is 0.468. The molecule has 0 radical (unpaired) electrons. The summed E-state index contributed by atoms with van der Waals surface area (Å²) >= 11 is 0. The molecular weight excluding hydrogens is 178 g/mol. The van der Waals surface area contributed by atoms with Crippen LogP contribution in [0.4, 0.5) is 0 Å². The van der Waals surface area contributed by atoms with E-state index < -0.39 is 0 Å². The zero-order valence-electron chi connectivity index (χ0n) is 9.43. The minimum absolute atomic E-state index is 0.0910. The van der Waals surface area contributed by atoms with Crippen molar-refractivity contribution in [2.24, 2.45) is 0 Å². The Kier molecular flexibility index (Phi) is 7.50. The Morgan fingerprint density at radius 3 is 2.64 bits per heavy atom. The van der Waals surface area contributed by atoms with Crippen LogP contribution in [0.5, 0.6) is 0 Å². The fourth-order valence-corrected chi connectivity index (χ4v) is 0.827. The first-order valence-corrected chi connectivity index (χ1v) is 4.89. The van der Waals surface area contributed by atoms with E-state index in [-0.39, 0.29) is 5.60 Å². The van der Waals surface area contributed by atoms with E-state index in [1.165, 1.54) is 0 Å². The Morgan fingerprint density at radius 2 is 2.07 bits per heavy atom. The molecule has 0 amide bonds. The second-order valence-electron chi connectivity index (χ2n) is 3.71. The molecule has 0 aliphatic rings. The maximum absolute atomic E-state index is 5.41. The highest BCUT2D eigenvalue weighted by Gasteiger charge is 2.15. The van der Waals surface area contributed by atoms with Crippen LogP contribution in [0.25, 0.3) is 0 Å². The number of hydrogen-bond donors (Lipinski definition) is 1. The third-order valence-electron chi connectivity index (χ3n) is 2.05. The second-order valence-corrected chi connectivity index (χ2v) is 3.71. The normalized spacial score (nSPS) is 11.3. The van der Waals surface area contributed by atoms with Gasteiger partial charge >= 0.3 is 0 Å². The van der Waals surface area contributed by atoms with Gasteiger partial charge < -0.3 is 14.8 Å². The maximum Gasteiger partial charge on any atom is 0.0644 e. The molecule has 0 spiro atoms. The molecule has 14 heavy (non-hydrogen) atoms. The van der Waals surface area contributed by atoms with Gasteiger partial charge in [0.2, 0.25) is 0 Å². The SMILES string of the molecule is C#CCNCCOCCC(C)(C)OC. The molecule has 0 aliphatic heterocycles. The first-order chi connectivity index (χ1) is 6.62. The predicted molar refractivity (Wildman–Crippen MR) is 58.2 cm³/mol. The molecule has 1 N–H and O–H groups in total. The lowest BCUT2D eigenvalue weighted by Crippen LogP contribution is -2.26. The van der Waals surface area contributed by atoms with E-state index in [1.54, 1.807) is 7.11 Å². The van der Waals surface area contributed by atoms with Crippen molar-refractivity contribution < 1.29 is 9.47 Å². The summed E-state index contributed by atoms with van der Waals surface area (Å²) in [4.78, 5) is 0. The number of methoxy groups -OCH3 is 1. The smallest absolute Gasteiger partial charge is 0.0644 e. The molecule has 0 aliphatic carbocycles. The highest BCUT2D eigenvalue weighted by Crippen LogP contribution is 2.12. The molecule has 0 unspecified atom stereocenters. The number of ether oxygens (including phenoxy) is 2. The van der Waals surface area contributed by atoms with E-state index in [1.807, 2.05) is 13.8 Å². The van der Waals surface area contributed by atoms with Gasteiger partial charge in [-0.1, -0.05) is 5.92 Å². The van der Waals surface area contributed by atoms with Crippen molar-refractivity contribution in [1.82, 2.24) is 5.32 Å². The maximum atomic E-state index is 5.41. The summed E-state index contributed by atoms with van der Waals surface area (Å²) in [6.45, 7) is 6.92. The van der Waals surface area contributed by atoms with Crippen molar-refractivity contribution in [2.75, 3.05) is 33.4 Å². The zero-order valence-corrected chi connectivity index (χ0v) is 9.43. The first kappa shape index (κ1) is 13.4. The second kappa shape index (κ2) is 7.81. The van der Waals surface area contributed by atoms with Crippen LogP contribution in [0.3, 0.4) is 0 Å². The number of terminal acetylenes is 1. The van der Waals surface area contributed by atoms with Crippen molar-refractivity contribution in [1.29, 1.82) is 0 Å². The summed E-state index contributed by atoms with van der Waals surface area (Å²) in [7, 11) is 1.72. The standard InChI is InChI=1S/C11H21NO2/c1-5-7-12-8-10-14-9-6-11(2,3)13-4/h1,12H,6-10H2,2-4H3. The van der Waals surface area contributed by atoms with E-state index in [4.69, 9.17) is 15.9 Å². The minimum atomic E-state index is -0.0910. The van der Waals surface area contributed by atoms with Crippen LogP contribution < -0.4 is 5.32 Å². The molecule has 0 rings (SSSR count). The lowest BCUT2D eigenvalue weighted by molar-refractivity contribution is -0.00928. The molecule has 0 atom stereocenters. The van der Waals surface area contributed by atoms with Gasteiger partial charge in [0.25, 0.3) is 0 Å². The van der Waals surface area contributed by atoms with E-state index in [9.17, 15) is 0 Å². The lowest BCUT2D eigenvalue weighted by atomic mass is 10.1. The Balaban J connectivity index is 3.18. The van der Waals surface area contributed by atoms with Gasteiger partial charge in [0, 0.05) is 20.3 Å². The minimum Gasteiger partial charge on any atom is -0.380 e. The molecule has 0 aromatic rings. The van der Waals surface area contributed by atoms with E-state index in [2.05, 4.69) is 11.2 Å². The van der Waals surface area contributed by atoms with Crippen molar-refractivity contribution in [3.05, 3.63) is 0 Å². The van der Waals surface area contributed by atoms with Crippen molar-refractivity contribution in [3.8, 4) is 12.3 Å².